The quantitative estimate of drug-likeness (QED) is 0.610. The van der Waals surface area contributed by atoms with Crippen molar-refractivity contribution in [2.45, 2.75) is 10.8 Å². The van der Waals surface area contributed by atoms with Crippen molar-refractivity contribution >= 4 is 56.6 Å². The molecule has 0 spiro atoms. The van der Waals surface area contributed by atoms with Gasteiger partial charge < -0.3 is 5.11 Å². The predicted molar refractivity (Wildman–Crippen MR) is 67.7 cm³/mol. The summed E-state index contributed by atoms with van der Waals surface area (Å²) in [6, 6.07) is 6.08. The Morgan fingerprint density at radius 1 is 1.38 bits per heavy atom. The zero-order valence-electron chi connectivity index (χ0n) is 6.62. The first-order valence-corrected chi connectivity index (χ1v) is 6.07. The Morgan fingerprint density at radius 2 is 2.15 bits per heavy atom. The Bertz CT molecular complexity index is 450. The highest BCUT2D eigenvalue weighted by molar-refractivity contribution is 14.1. The Kier molecular flexibility index (Phi) is 2.83. The average Bonchev–Trinajstić information content (AvgIpc) is 2.46. The van der Waals surface area contributed by atoms with Gasteiger partial charge in [0.05, 0.1) is 10.8 Å². The van der Waals surface area contributed by atoms with Gasteiger partial charge in [-0.25, -0.2) is 0 Å². The van der Waals surface area contributed by atoms with Crippen molar-refractivity contribution in [1.29, 1.82) is 0 Å². The fourth-order valence-corrected chi connectivity index (χ4v) is 3.57. The van der Waals surface area contributed by atoms with E-state index in [2.05, 4.69) is 41.3 Å². The van der Waals surface area contributed by atoms with Crippen LogP contribution in [0.2, 0.25) is 0 Å². The van der Waals surface area contributed by atoms with Crippen LogP contribution in [0.1, 0.15) is 5.56 Å². The van der Waals surface area contributed by atoms with E-state index in [1.807, 2.05) is 12.1 Å². The number of benzene rings is 1. The molecule has 2 rings (SSSR count). The molecule has 0 aliphatic rings. The molecule has 0 atom stereocenters. The summed E-state index contributed by atoms with van der Waals surface area (Å²) in [5, 5.41) is 10.2. The number of aliphatic hydroxyl groups is 1. The molecule has 0 amide bonds. The predicted octanol–water partition coefficient (Wildman–Crippen LogP) is 3.29. The average molecular weight is 322 g/mol. The lowest BCUT2D eigenvalue weighted by molar-refractivity contribution is 0.282. The summed E-state index contributed by atoms with van der Waals surface area (Å²) in [4.78, 5) is 0. The molecule has 0 saturated carbocycles. The number of aliphatic hydroxyl groups excluding tert-OH is 1. The summed E-state index contributed by atoms with van der Waals surface area (Å²) in [5.41, 5.74) is 0.965. The van der Waals surface area contributed by atoms with Gasteiger partial charge in [-0.1, -0.05) is 0 Å². The van der Waals surface area contributed by atoms with Gasteiger partial charge in [0.25, 0.3) is 0 Å². The molecule has 0 aliphatic heterocycles. The minimum atomic E-state index is 0.103. The van der Waals surface area contributed by atoms with Gasteiger partial charge in [0.15, 0.2) is 0 Å². The van der Waals surface area contributed by atoms with Crippen LogP contribution in [0.3, 0.4) is 0 Å². The van der Waals surface area contributed by atoms with Crippen LogP contribution in [0.25, 0.3) is 10.1 Å². The second-order valence-corrected chi connectivity index (χ2v) is 5.76. The molecule has 0 bridgehead atoms. The molecule has 68 valence electrons. The molecule has 1 heterocycles. The summed E-state index contributed by atoms with van der Waals surface area (Å²) in [6.45, 7) is 0.103. The molecular weight excluding hydrogens is 315 g/mol. The van der Waals surface area contributed by atoms with Gasteiger partial charge >= 0.3 is 0 Å². The summed E-state index contributed by atoms with van der Waals surface area (Å²) in [5.74, 6) is 0. The lowest BCUT2D eigenvalue weighted by Crippen LogP contribution is -1.83. The normalized spacial score (nSPS) is 11.0. The zero-order chi connectivity index (χ0) is 9.42. The Balaban J connectivity index is 2.75. The van der Waals surface area contributed by atoms with E-state index in [0.29, 0.717) is 0 Å². The molecular formula is C9H7IOS2. The third-order valence-electron chi connectivity index (χ3n) is 1.82. The van der Waals surface area contributed by atoms with Gasteiger partial charge in [-0.05, 0) is 46.4 Å². The van der Waals surface area contributed by atoms with Crippen molar-refractivity contribution in [2.75, 3.05) is 0 Å². The van der Waals surface area contributed by atoms with Crippen LogP contribution in [0.4, 0.5) is 0 Å². The van der Waals surface area contributed by atoms with Gasteiger partial charge in [-0.15, -0.1) is 24.0 Å². The fourth-order valence-electron chi connectivity index (χ4n) is 1.23. The van der Waals surface area contributed by atoms with E-state index >= 15 is 0 Å². The lowest BCUT2D eigenvalue weighted by atomic mass is 10.2. The minimum absolute atomic E-state index is 0.103. The first-order chi connectivity index (χ1) is 6.20. The highest BCUT2D eigenvalue weighted by atomic mass is 127. The lowest BCUT2D eigenvalue weighted by Gasteiger charge is -1.98. The van der Waals surface area contributed by atoms with Gasteiger partial charge in [0, 0.05) is 13.7 Å². The number of halogens is 1. The third-order valence-corrected chi connectivity index (χ3v) is 4.00. The molecule has 4 heteroatoms. The van der Waals surface area contributed by atoms with E-state index in [1.165, 1.54) is 13.7 Å². The molecule has 2 aromatic rings. The fraction of sp³-hybridized carbons (Fsp3) is 0.111. The van der Waals surface area contributed by atoms with E-state index in [0.717, 1.165) is 9.77 Å². The summed E-state index contributed by atoms with van der Waals surface area (Å²) >= 11 is 8.23. The monoisotopic (exact) mass is 322 g/mol. The number of thiophene rings is 1. The smallest absolute Gasteiger partial charge is 0.0682 e. The Hall–Kier alpha value is 0.220. The Labute approximate surface area is 99.3 Å². The summed E-state index contributed by atoms with van der Waals surface area (Å²) in [7, 11) is 0. The highest BCUT2D eigenvalue weighted by Gasteiger charge is 2.04. The first kappa shape index (κ1) is 9.76. The number of hydrogen-bond donors (Lipinski definition) is 2. The summed E-state index contributed by atoms with van der Waals surface area (Å²) < 4.78 is 3.39. The second kappa shape index (κ2) is 3.76. The van der Waals surface area contributed by atoms with E-state index in [-0.39, 0.29) is 6.61 Å². The summed E-state index contributed by atoms with van der Waals surface area (Å²) in [6.07, 6.45) is 0. The van der Waals surface area contributed by atoms with Crippen LogP contribution in [0.15, 0.2) is 22.4 Å². The maximum atomic E-state index is 9.01. The second-order valence-electron chi connectivity index (χ2n) is 2.73. The van der Waals surface area contributed by atoms with Crippen molar-refractivity contribution in [1.82, 2.24) is 0 Å². The molecule has 0 fully saturated rings. The largest absolute Gasteiger partial charge is 0.392 e. The number of hydrogen-bond acceptors (Lipinski definition) is 3. The van der Waals surface area contributed by atoms with Gasteiger partial charge in [-0.2, -0.15) is 0 Å². The zero-order valence-corrected chi connectivity index (χ0v) is 10.5. The number of fused-ring (bicyclic) bond motifs is 1. The van der Waals surface area contributed by atoms with Crippen LogP contribution in [-0.2, 0) is 6.61 Å². The molecule has 1 aromatic heterocycles. The van der Waals surface area contributed by atoms with Crippen molar-refractivity contribution in [3.8, 4) is 0 Å². The molecule has 13 heavy (non-hydrogen) atoms. The SMILES string of the molecule is OCc1cc(I)c2cc(S)sc2c1. The van der Waals surface area contributed by atoms with E-state index < -0.39 is 0 Å². The van der Waals surface area contributed by atoms with Gasteiger partial charge in [0.1, 0.15) is 0 Å². The molecule has 1 nitrogen and oxygen atoms in total. The van der Waals surface area contributed by atoms with Crippen LogP contribution < -0.4 is 0 Å². The number of thiol groups is 1. The molecule has 1 N–H and O–H groups in total. The van der Waals surface area contributed by atoms with E-state index in [1.54, 1.807) is 11.3 Å². The van der Waals surface area contributed by atoms with Crippen LogP contribution in [0, 0.1) is 3.57 Å². The van der Waals surface area contributed by atoms with Crippen molar-refractivity contribution in [2.24, 2.45) is 0 Å². The molecule has 0 saturated heterocycles. The maximum absolute atomic E-state index is 9.01. The standard InChI is InChI=1S/C9H7IOS2/c10-7-1-5(4-11)2-8-6(7)3-9(12)13-8/h1-3,11-12H,4H2. The molecule has 0 radical (unpaired) electrons. The first-order valence-electron chi connectivity index (χ1n) is 3.72. The van der Waals surface area contributed by atoms with Gasteiger partial charge in [-0.3, -0.25) is 0 Å². The Morgan fingerprint density at radius 3 is 2.85 bits per heavy atom. The maximum Gasteiger partial charge on any atom is 0.0682 e. The minimum Gasteiger partial charge on any atom is -0.392 e. The molecule has 0 unspecified atom stereocenters. The van der Waals surface area contributed by atoms with Crippen LogP contribution >= 0.6 is 46.6 Å². The van der Waals surface area contributed by atoms with Crippen LogP contribution in [0.5, 0.6) is 0 Å². The third kappa shape index (κ3) is 1.86. The van der Waals surface area contributed by atoms with Gasteiger partial charge in [0.2, 0.25) is 0 Å². The molecule has 1 aromatic carbocycles. The molecule has 0 aliphatic carbocycles. The highest BCUT2D eigenvalue weighted by Crippen LogP contribution is 2.32. The van der Waals surface area contributed by atoms with E-state index in [9.17, 15) is 0 Å². The van der Waals surface area contributed by atoms with Crippen molar-refractivity contribution in [3.63, 3.8) is 0 Å². The van der Waals surface area contributed by atoms with Crippen molar-refractivity contribution < 1.29 is 5.11 Å². The van der Waals surface area contributed by atoms with Crippen LogP contribution in [-0.4, -0.2) is 5.11 Å². The number of rotatable bonds is 1. The van der Waals surface area contributed by atoms with E-state index in [4.69, 9.17) is 5.11 Å². The topological polar surface area (TPSA) is 20.2 Å². The van der Waals surface area contributed by atoms with Crippen molar-refractivity contribution in [3.05, 3.63) is 27.3 Å².